The van der Waals surface area contributed by atoms with E-state index >= 15 is 24.0 Å². The molecule has 2 saturated heterocycles. The van der Waals surface area contributed by atoms with Crippen LogP contribution in [0.3, 0.4) is 0 Å². The number of carbonyl (C=O) groups excluding carboxylic acids is 6. The summed E-state index contributed by atoms with van der Waals surface area (Å²) in [4.78, 5) is 92.9. The number of ether oxygens (including phenoxy) is 1. The maximum atomic E-state index is 15.4. The third kappa shape index (κ3) is 14.9. The smallest absolute Gasteiger partial charge is 0.247 e. The number of nitrogens with one attached hydrogen (secondary N) is 6. The molecule has 3 unspecified atom stereocenters. The minimum atomic E-state index is -1.35. The highest BCUT2D eigenvalue weighted by Crippen LogP contribution is 2.29. The second-order valence-corrected chi connectivity index (χ2v) is 21.6. The van der Waals surface area contributed by atoms with Crippen LogP contribution >= 0.6 is 9.47 Å². The molecule has 430 valence electrons. The van der Waals surface area contributed by atoms with Gasteiger partial charge in [0.25, 0.3) is 0 Å². The summed E-state index contributed by atoms with van der Waals surface area (Å²) < 4.78 is 13.8. The van der Waals surface area contributed by atoms with Gasteiger partial charge in [-0.3, -0.25) is 28.8 Å². The van der Waals surface area contributed by atoms with Gasteiger partial charge in [-0.1, -0.05) is 158 Å². The molecule has 17 heteroatoms. The first-order valence-corrected chi connectivity index (χ1v) is 29.0. The van der Waals surface area contributed by atoms with E-state index in [1.54, 1.807) is 42.5 Å². The molecular weight excluding hydrogens is 1080 g/mol. The number of aromatic nitrogens is 1. The molecule has 3 heterocycles. The molecule has 6 N–H and O–H groups in total. The van der Waals surface area contributed by atoms with Crippen LogP contribution in [0.15, 0.2) is 206 Å². The Kier molecular flexibility index (Phi) is 19.5. The van der Waals surface area contributed by atoms with Crippen LogP contribution in [0.5, 0.6) is 5.75 Å². The summed E-state index contributed by atoms with van der Waals surface area (Å²) in [5.41, 5.74) is 6.23. The van der Waals surface area contributed by atoms with Gasteiger partial charge in [-0.15, -0.1) is 0 Å². The fourth-order valence-corrected chi connectivity index (χ4v) is 11.2. The van der Waals surface area contributed by atoms with Crippen LogP contribution in [-0.2, 0) is 59.2 Å². The number of nitrogens with zero attached hydrogens (tertiary/aromatic N) is 2. The van der Waals surface area contributed by atoms with Crippen molar-refractivity contribution in [3.8, 4) is 11.4 Å². The van der Waals surface area contributed by atoms with Crippen molar-refractivity contribution >= 4 is 61.5 Å². The lowest BCUT2D eigenvalue weighted by molar-refractivity contribution is -0.143. The lowest BCUT2D eigenvalue weighted by Crippen LogP contribution is -2.61. The Hall–Kier alpha value is -9.11. The molecule has 0 aliphatic carbocycles. The van der Waals surface area contributed by atoms with E-state index in [0.29, 0.717) is 42.9 Å². The number of rotatable bonds is 18. The largest absolute Gasteiger partial charge is 0.489 e. The van der Waals surface area contributed by atoms with Crippen molar-refractivity contribution in [3.05, 3.63) is 234 Å². The van der Waals surface area contributed by atoms with Crippen LogP contribution in [0.2, 0.25) is 0 Å². The first kappa shape index (κ1) is 58.1. The van der Waals surface area contributed by atoms with Gasteiger partial charge in [0.2, 0.25) is 35.4 Å². The van der Waals surface area contributed by atoms with Gasteiger partial charge in [0.15, 0.2) is 0 Å². The molecule has 0 spiro atoms. The number of hydrogen-bond acceptors (Lipinski definition) is 9. The first-order valence-electron chi connectivity index (χ1n) is 28.5. The minimum absolute atomic E-state index is 0.00991. The average molecular weight is 1150 g/mol. The average Bonchev–Trinajstić information content (AvgIpc) is 4.36. The molecule has 84 heavy (non-hydrogen) atoms. The second kappa shape index (κ2) is 28.2. The van der Waals surface area contributed by atoms with E-state index in [-0.39, 0.29) is 38.6 Å². The highest BCUT2D eigenvalue weighted by atomic mass is 31.0. The van der Waals surface area contributed by atoms with E-state index in [1.807, 2.05) is 168 Å². The number of benzene rings is 7. The molecule has 2 fully saturated rings. The quantitative estimate of drug-likeness (QED) is 0.0363. The number of amides is 6. The monoisotopic (exact) mass is 1140 g/mol. The van der Waals surface area contributed by atoms with Gasteiger partial charge in [0, 0.05) is 71.2 Å². The normalized spacial score (nSPS) is 20.8. The Morgan fingerprint density at radius 1 is 0.512 bits per heavy atom. The summed E-state index contributed by atoms with van der Waals surface area (Å²) in [7, 11) is 2.22. The van der Waals surface area contributed by atoms with E-state index in [2.05, 4.69) is 41.4 Å². The number of para-hydroxylation sites is 3. The third-order valence-electron chi connectivity index (χ3n) is 15.4. The number of carbonyl (C=O) groups is 6. The van der Waals surface area contributed by atoms with Crippen LogP contribution < -0.4 is 36.6 Å². The Morgan fingerprint density at radius 2 is 1.06 bits per heavy atom. The predicted octanol–water partition coefficient (Wildman–Crippen LogP) is 8.11. The summed E-state index contributed by atoms with van der Waals surface area (Å²) in [6.07, 6.45) is 2.62. The fourth-order valence-electron chi connectivity index (χ4n) is 11.0. The van der Waals surface area contributed by atoms with Crippen LogP contribution in [0.1, 0.15) is 59.5 Å². The summed E-state index contributed by atoms with van der Waals surface area (Å²) in [5, 5.41) is 19.3. The van der Waals surface area contributed by atoms with E-state index in [4.69, 9.17) is 9.26 Å². The second-order valence-electron chi connectivity index (χ2n) is 21.3. The first-order chi connectivity index (χ1) is 41.1. The van der Waals surface area contributed by atoms with E-state index in [1.165, 1.54) is 4.90 Å². The number of unbranched alkanes of at least 4 members (excludes halogenated alkanes) is 1. The van der Waals surface area contributed by atoms with Gasteiger partial charge in [0.05, 0.1) is 11.6 Å². The Morgan fingerprint density at radius 3 is 1.75 bits per heavy atom. The lowest BCUT2D eigenvalue weighted by atomic mass is 9.99. The summed E-state index contributed by atoms with van der Waals surface area (Å²) in [5.74, 6) is -3.28. The lowest BCUT2D eigenvalue weighted by Gasteiger charge is -2.32. The molecule has 0 saturated carbocycles. The molecule has 8 aromatic rings. The van der Waals surface area contributed by atoms with E-state index in [0.717, 1.165) is 39.0 Å². The SMILES string of the molecule is O=C1N[C@H](CCCCNc2ccccc2)C(=O)N[C@H](Cc2ccc(OCc3ccccc3)cc2)C(=O)N[C@H](Cc2ccccc2)C(=O)N2CC(OP)C[C@H]2C(=O)N[C@H](c2ccccc2)C(=O)NC1Cc1cn(-c2ccccc2)c2ccccc12. The molecule has 1 aromatic heterocycles. The predicted molar refractivity (Wildman–Crippen MR) is 327 cm³/mol. The van der Waals surface area contributed by atoms with Crippen LogP contribution in [0.25, 0.3) is 16.6 Å². The van der Waals surface area contributed by atoms with Gasteiger partial charge < -0.3 is 50.6 Å². The zero-order valence-electron chi connectivity index (χ0n) is 46.5. The van der Waals surface area contributed by atoms with Crippen molar-refractivity contribution in [2.75, 3.05) is 18.4 Å². The molecule has 16 nitrogen and oxygen atoms in total. The van der Waals surface area contributed by atoms with Gasteiger partial charge in [-0.2, -0.15) is 0 Å². The fraction of sp³-hybridized carbons (Fsp3) is 0.254. The van der Waals surface area contributed by atoms with Crippen molar-refractivity contribution < 1.29 is 38.0 Å². The molecule has 6 amide bonds. The van der Waals surface area contributed by atoms with Crippen molar-refractivity contribution in [1.29, 1.82) is 0 Å². The molecule has 7 aromatic carbocycles. The number of hydrogen-bond donors (Lipinski definition) is 6. The molecule has 8 atom stereocenters. The molecular formula is C67H69N8O8P. The van der Waals surface area contributed by atoms with Gasteiger partial charge >= 0.3 is 0 Å². The summed E-state index contributed by atoms with van der Waals surface area (Å²) >= 11 is 0. The van der Waals surface area contributed by atoms with Crippen molar-refractivity contribution in [2.45, 2.75) is 93.9 Å². The Bertz CT molecular complexity index is 3510. The Balaban J connectivity index is 1.03. The molecule has 2 aliphatic rings. The highest BCUT2D eigenvalue weighted by Gasteiger charge is 2.44. The van der Waals surface area contributed by atoms with Crippen LogP contribution in [-0.4, -0.2) is 94.3 Å². The van der Waals surface area contributed by atoms with E-state index in [9.17, 15) is 4.79 Å². The van der Waals surface area contributed by atoms with Crippen molar-refractivity contribution in [3.63, 3.8) is 0 Å². The molecule has 10 rings (SSSR count). The minimum Gasteiger partial charge on any atom is -0.489 e. The third-order valence-corrected chi connectivity index (χ3v) is 15.8. The van der Waals surface area contributed by atoms with Gasteiger partial charge in [0.1, 0.15) is 48.6 Å². The van der Waals surface area contributed by atoms with Gasteiger partial charge in [-0.25, -0.2) is 0 Å². The standard InChI is InChI=1S/C67H69N8O8P/c76-62-55(31-18-19-37-68-50-26-12-4-13-27-50)69-64(78)57(40-49-42-74(51-28-14-5-15-29-51)59-32-17-16-30-54(49)59)71-66(80)61(48-24-10-3-11-25-48)73-65(79)60-41-53(83-84)43-75(60)67(81)58(39-45-20-6-1-7-21-45)72-63(77)56(70-62)38-46-33-35-52(36-34-46)82-44-47-22-8-2-9-23-47/h1-17,20-30,32-36,42,53,55-58,60-61,68H,18-19,31,37-41,43-44,84H2,(H,69,78)(H,70,76)(H,71,80)(H,72,77)(H,73,79)/t53?,55-,56-,57?,58-,60+,61-/m1/s1. The van der Waals surface area contributed by atoms with E-state index < -0.39 is 77.8 Å². The zero-order chi connectivity index (χ0) is 58.2. The highest BCUT2D eigenvalue weighted by molar-refractivity contribution is 7.09. The van der Waals surface area contributed by atoms with Crippen LogP contribution in [0, 0.1) is 0 Å². The maximum Gasteiger partial charge on any atom is 0.247 e. The Labute approximate surface area is 491 Å². The molecule has 0 radical (unpaired) electrons. The number of fused-ring (bicyclic) bond motifs is 2. The van der Waals surface area contributed by atoms with Gasteiger partial charge in [-0.05, 0) is 89.5 Å². The maximum absolute atomic E-state index is 15.4. The number of anilines is 1. The summed E-state index contributed by atoms with van der Waals surface area (Å²) in [6.45, 7) is 0.897. The zero-order valence-corrected chi connectivity index (χ0v) is 47.6. The van der Waals surface area contributed by atoms with Crippen molar-refractivity contribution in [2.24, 2.45) is 0 Å². The summed E-state index contributed by atoms with van der Waals surface area (Å²) in [6, 6.07) is 54.6. The molecule has 0 bridgehead atoms. The van der Waals surface area contributed by atoms with Crippen LogP contribution in [0.4, 0.5) is 5.69 Å². The molecule has 2 aliphatic heterocycles. The van der Waals surface area contributed by atoms with Crippen molar-refractivity contribution in [1.82, 2.24) is 36.1 Å². The topological polar surface area (TPSA) is 201 Å².